The van der Waals surface area contributed by atoms with E-state index >= 15 is 0 Å². The van der Waals surface area contributed by atoms with E-state index in [9.17, 15) is 18.0 Å². The second-order valence-corrected chi connectivity index (χ2v) is 11.3. The lowest BCUT2D eigenvalue weighted by atomic mass is 10.1. The summed E-state index contributed by atoms with van der Waals surface area (Å²) in [7, 11) is -2.38. The van der Waals surface area contributed by atoms with Crippen LogP contribution in [0.4, 0.5) is 5.69 Å². The molecule has 10 heteroatoms. The number of hydrogen-bond acceptors (Lipinski definition) is 5. The van der Waals surface area contributed by atoms with Gasteiger partial charge in [0, 0.05) is 12.6 Å². The average molecular weight is 536 g/mol. The zero-order valence-corrected chi connectivity index (χ0v) is 22.5. The molecule has 1 fully saturated rings. The summed E-state index contributed by atoms with van der Waals surface area (Å²) in [6, 6.07) is 13.2. The highest BCUT2D eigenvalue weighted by Gasteiger charge is 2.33. The van der Waals surface area contributed by atoms with Crippen molar-refractivity contribution in [3.05, 3.63) is 59.1 Å². The Bertz CT molecular complexity index is 1150. The zero-order chi connectivity index (χ0) is 26.3. The van der Waals surface area contributed by atoms with Crippen LogP contribution in [0, 0.1) is 0 Å². The van der Waals surface area contributed by atoms with Crippen molar-refractivity contribution in [3.63, 3.8) is 0 Å². The van der Waals surface area contributed by atoms with Gasteiger partial charge in [-0.1, -0.05) is 61.7 Å². The summed E-state index contributed by atoms with van der Waals surface area (Å²) in [4.78, 5) is 28.5. The lowest BCUT2D eigenvalue weighted by molar-refractivity contribution is -0.140. The second-order valence-electron chi connectivity index (χ2n) is 9.01. The van der Waals surface area contributed by atoms with E-state index in [1.165, 1.54) is 24.1 Å². The van der Waals surface area contributed by atoms with Crippen molar-refractivity contribution in [1.82, 2.24) is 10.2 Å². The lowest BCUT2D eigenvalue weighted by Crippen LogP contribution is -2.53. The molecule has 0 aliphatic heterocycles. The first-order valence-corrected chi connectivity index (χ1v) is 14.3. The highest BCUT2D eigenvalue weighted by Crippen LogP contribution is 2.30. The van der Waals surface area contributed by atoms with Gasteiger partial charge in [-0.2, -0.15) is 0 Å². The number of anilines is 1. The number of benzene rings is 2. The van der Waals surface area contributed by atoms with Crippen LogP contribution in [0.15, 0.2) is 48.5 Å². The Kier molecular flexibility index (Phi) is 9.62. The molecule has 8 nitrogen and oxygen atoms in total. The van der Waals surface area contributed by atoms with E-state index in [0.29, 0.717) is 12.2 Å². The number of rotatable bonds is 11. The van der Waals surface area contributed by atoms with E-state index in [2.05, 4.69) is 5.32 Å². The van der Waals surface area contributed by atoms with Gasteiger partial charge in [0.25, 0.3) is 0 Å². The van der Waals surface area contributed by atoms with Crippen molar-refractivity contribution in [2.24, 2.45) is 0 Å². The Morgan fingerprint density at radius 1 is 1.14 bits per heavy atom. The molecular weight excluding hydrogens is 502 g/mol. The number of halogens is 1. The van der Waals surface area contributed by atoms with Crippen LogP contribution in [0.3, 0.4) is 0 Å². The SMILES string of the molecule is CC[C@@H](C(=O)NC1CCCC1)N(Cc1ccccc1)C(=O)CN(c1ccc(OC)c(Cl)c1)S(C)(=O)=O. The lowest BCUT2D eigenvalue weighted by Gasteiger charge is -2.33. The summed E-state index contributed by atoms with van der Waals surface area (Å²) >= 11 is 6.23. The number of nitrogens with one attached hydrogen (secondary N) is 1. The van der Waals surface area contributed by atoms with Crippen molar-refractivity contribution >= 4 is 39.1 Å². The number of ether oxygens (including phenoxy) is 1. The summed E-state index contributed by atoms with van der Waals surface area (Å²) in [5.74, 6) is -0.308. The third-order valence-electron chi connectivity index (χ3n) is 6.39. The molecule has 0 saturated heterocycles. The van der Waals surface area contributed by atoms with Crippen molar-refractivity contribution < 1.29 is 22.7 Å². The summed E-state index contributed by atoms with van der Waals surface area (Å²) < 4.78 is 31.6. The van der Waals surface area contributed by atoms with Crippen LogP contribution in [0.5, 0.6) is 5.75 Å². The Morgan fingerprint density at radius 2 is 1.81 bits per heavy atom. The Labute approximate surface area is 218 Å². The molecule has 1 saturated carbocycles. The second kappa shape index (κ2) is 12.5. The molecule has 1 N–H and O–H groups in total. The van der Waals surface area contributed by atoms with Crippen LogP contribution < -0.4 is 14.4 Å². The van der Waals surface area contributed by atoms with E-state index in [1.807, 2.05) is 37.3 Å². The van der Waals surface area contributed by atoms with Gasteiger partial charge >= 0.3 is 0 Å². The Morgan fingerprint density at radius 3 is 2.36 bits per heavy atom. The van der Waals surface area contributed by atoms with Gasteiger partial charge in [-0.3, -0.25) is 13.9 Å². The minimum atomic E-state index is -3.84. The molecule has 0 unspecified atom stereocenters. The molecule has 3 rings (SSSR count). The fourth-order valence-corrected chi connectivity index (χ4v) is 5.58. The van der Waals surface area contributed by atoms with Gasteiger partial charge in [-0.05, 0) is 43.0 Å². The van der Waals surface area contributed by atoms with Crippen LogP contribution in [-0.2, 0) is 26.2 Å². The number of nitrogens with zero attached hydrogens (tertiary/aromatic N) is 2. The zero-order valence-electron chi connectivity index (χ0n) is 20.9. The maximum Gasteiger partial charge on any atom is 0.244 e. The van der Waals surface area contributed by atoms with Crippen LogP contribution >= 0.6 is 11.6 Å². The molecule has 1 atom stereocenters. The third-order valence-corrected chi connectivity index (χ3v) is 7.82. The molecule has 0 radical (unpaired) electrons. The maximum absolute atomic E-state index is 13.7. The first kappa shape index (κ1) is 27.8. The van der Waals surface area contributed by atoms with Gasteiger partial charge < -0.3 is 15.0 Å². The van der Waals surface area contributed by atoms with E-state index < -0.39 is 28.5 Å². The highest BCUT2D eigenvalue weighted by atomic mass is 35.5. The van der Waals surface area contributed by atoms with Crippen molar-refractivity contribution in [3.8, 4) is 5.75 Å². The molecule has 0 bridgehead atoms. The van der Waals surface area contributed by atoms with Crippen molar-refractivity contribution in [1.29, 1.82) is 0 Å². The van der Waals surface area contributed by atoms with E-state index in [-0.39, 0.29) is 29.2 Å². The number of hydrogen-bond donors (Lipinski definition) is 1. The van der Waals surface area contributed by atoms with E-state index in [4.69, 9.17) is 16.3 Å². The summed E-state index contributed by atoms with van der Waals surface area (Å²) in [6.07, 6.45) is 5.42. The van der Waals surface area contributed by atoms with Gasteiger partial charge in [0.05, 0.1) is 24.1 Å². The predicted molar refractivity (Wildman–Crippen MR) is 142 cm³/mol. The number of sulfonamides is 1. The number of amides is 2. The monoisotopic (exact) mass is 535 g/mol. The minimum Gasteiger partial charge on any atom is -0.495 e. The van der Waals surface area contributed by atoms with E-state index in [0.717, 1.165) is 41.8 Å². The first-order chi connectivity index (χ1) is 17.1. The van der Waals surface area contributed by atoms with Crippen molar-refractivity contribution in [2.45, 2.75) is 57.7 Å². The minimum absolute atomic E-state index is 0.106. The molecule has 2 amide bonds. The van der Waals surface area contributed by atoms with Crippen LogP contribution in [0.25, 0.3) is 0 Å². The Hall–Kier alpha value is -2.78. The van der Waals surface area contributed by atoms with Gasteiger partial charge in [-0.15, -0.1) is 0 Å². The van der Waals surface area contributed by atoms with Gasteiger partial charge in [-0.25, -0.2) is 8.42 Å². The molecule has 196 valence electrons. The molecule has 1 aliphatic carbocycles. The number of carbonyl (C=O) groups is 2. The molecule has 1 aliphatic rings. The third kappa shape index (κ3) is 7.13. The van der Waals surface area contributed by atoms with Crippen LogP contribution in [0.2, 0.25) is 5.02 Å². The topological polar surface area (TPSA) is 96.0 Å². The highest BCUT2D eigenvalue weighted by molar-refractivity contribution is 7.92. The van der Waals surface area contributed by atoms with Crippen LogP contribution in [0.1, 0.15) is 44.6 Å². The van der Waals surface area contributed by atoms with E-state index in [1.54, 1.807) is 6.07 Å². The van der Waals surface area contributed by atoms with Gasteiger partial charge in [0.2, 0.25) is 21.8 Å². The Balaban J connectivity index is 1.91. The van der Waals surface area contributed by atoms with Gasteiger partial charge in [0.1, 0.15) is 18.3 Å². The molecular formula is C26H34ClN3O5S. The molecule has 2 aromatic rings. The number of carbonyl (C=O) groups excluding carboxylic acids is 2. The fourth-order valence-electron chi connectivity index (χ4n) is 4.49. The smallest absolute Gasteiger partial charge is 0.244 e. The number of methoxy groups -OCH3 is 1. The largest absolute Gasteiger partial charge is 0.495 e. The summed E-state index contributed by atoms with van der Waals surface area (Å²) in [5, 5.41) is 3.31. The molecule has 36 heavy (non-hydrogen) atoms. The fraction of sp³-hybridized carbons (Fsp3) is 0.462. The average Bonchev–Trinajstić information content (AvgIpc) is 3.35. The quantitative estimate of drug-likeness (QED) is 0.469. The summed E-state index contributed by atoms with van der Waals surface area (Å²) in [6.45, 7) is 1.56. The first-order valence-electron chi connectivity index (χ1n) is 12.1. The normalized spacial score (nSPS) is 14.8. The molecule has 0 heterocycles. The molecule has 0 spiro atoms. The maximum atomic E-state index is 13.7. The van der Waals surface area contributed by atoms with Crippen molar-refractivity contribution in [2.75, 3.05) is 24.2 Å². The summed E-state index contributed by atoms with van der Waals surface area (Å²) in [5.41, 5.74) is 1.08. The predicted octanol–water partition coefficient (Wildman–Crippen LogP) is 3.98. The van der Waals surface area contributed by atoms with Gasteiger partial charge in [0.15, 0.2) is 0 Å². The van der Waals surface area contributed by atoms with Crippen LogP contribution in [-0.4, -0.2) is 57.1 Å². The molecule has 0 aromatic heterocycles. The molecule has 2 aromatic carbocycles. The standard InChI is InChI=1S/C26H34ClN3O5S/c1-4-23(26(32)28-20-12-8-9-13-20)29(17-19-10-6-5-7-11-19)25(31)18-30(36(3,33)34)21-14-15-24(35-2)22(27)16-21/h5-7,10-11,14-16,20,23H,4,8-9,12-13,17-18H2,1-3H3,(H,28,32)/t23-/m0/s1.